The fourth-order valence-electron chi connectivity index (χ4n) is 2.16. The maximum absolute atomic E-state index is 11.0. The first kappa shape index (κ1) is 11.5. The zero-order valence-corrected chi connectivity index (χ0v) is 9.31. The molecule has 3 heteroatoms. The van der Waals surface area contributed by atoms with Crippen molar-refractivity contribution in [3.05, 3.63) is 0 Å². The molecule has 0 aromatic heterocycles. The van der Waals surface area contributed by atoms with Crippen LogP contribution in [0.5, 0.6) is 0 Å². The Morgan fingerprint density at radius 3 is 2.64 bits per heavy atom. The van der Waals surface area contributed by atoms with Gasteiger partial charge in [-0.2, -0.15) is 0 Å². The van der Waals surface area contributed by atoms with Crippen molar-refractivity contribution in [2.24, 2.45) is 5.92 Å². The van der Waals surface area contributed by atoms with Crippen molar-refractivity contribution in [3.63, 3.8) is 0 Å². The lowest BCUT2D eigenvalue weighted by Gasteiger charge is -2.20. The van der Waals surface area contributed by atoms with Gasteiger partial charge in [0.15, 0.2) is 0 Å². The van der Waals surface area contributed by atoms with Crippen molar-refractivity contribution in [3.8, 4) is 0 Å². The van der Waals surface area contributed by atoms with Gasteiger partial charge in [-0.25, -0.2) is 0 Å². The number of carbonyl (C=O) groups is 1. The molecule has 1 fully saturated rings. The predicted octanol–water partition coefficient (Wildman–Crippen LogP) is 1.29. The third-order valence-electron chi connectivity index (χ3n) is 3.20. The standard InChI is InChI=1S/C11H22N2O/c1-9(10-5-3-4-6-10)13-8-7-11(14)12-2/h9-10,13H,3-8H2,1-2H3,(H,12,14)/t9-/m1/s1. The molecule has 0 aromatic rings. The molecule has 1 aliphatic carbocycles. The zero-order chi connectivity index (χ0) is 10.4. The molecule has 2 N–H and O–H groups in total. The molecule has 1 rings (SSSR count). The highest BCUT2D eigenvalue weighted by atomic mass is 16.1. The molecule has 0 saturated heterocycles. The molecule has 0 heterocycles. The number of rotatable bonds is 5. The molecule has 0 unspecified atom stereocenters. The summed E-state index contributed by atoms with van der Waals surface area (Å²) in [7, 11) is 1.68. The summed E-state index contributed by atoms with van der Waals surface area (Å²) in [5.74, 6) is 0.954. The van der Waals surface area contributed by atoms with Gasteiger partial charge in [0, 0.05) is 26.1 Å². The van der Waals surface area contributed by atoms with E-state index >= 15 is 0 Å². The van der Waals surface area contributed by atoms with Crippen LogP contribution < -0.4 is 10.6 Å². The molecular formula is C11H22N2O. The minimum Gasteiger partial charge on any atom is -0.359 e. The number of amides is 1. The molecule has 14 heavy (non-hydrogen) atoms. The second-order valence-electron chi connectivity index (χ2n) is 4.21. The minimum atomic E-state index is 0.121. The molecular weight excluding hydrogens is 176 g/mol. The summed E-state index contributed by atoms with van der Waals surface area (Å²) in [5.41, 5.74) is 0. The Morgan fingerprint density at radius 1 is 1.43 bits per heavy atom. The third kappa shape index (κ3) is 3.66. The fraction of sp³-hybridized carbons (Fsp3) is 0.909. The van der Waals surface area contributed by atoms with Gasteiger partial charge in [0.25, 0.3) is 0 Å². The van der Waals surface area contributed by atoms with Crippen LogP contribution in [0.2, 0.25) is 0 Å². The Balaban J connectivity index is 2.08. The van der Waals surface area contributed by atoms with Crippen LogP contribution in [0.3, 0.4) is 0 Å². The van der Waals surface area contributed by atoms with Gasteiger partial charge in [-0.05, 0) is 25.7 Å². The maximum Gasteiger partial charge on any atom is 0.221 e. The number of carbonyl (C=O) groups excluding carboxylic acids is 1. The molecule has 0 aromatic carbocycles. The lowest BCUT2D eigenvalue weighted by Crippen LogP contribution is -2.35. The molecule has 0 spiro atoms. The topological polar surface area (TPSA) is 41.1 Å². The van der Waals surface area contributed by atoms with Crippen molar-refractivity contribution in [1.29, 1.82) is 0 Å². The number of nitrogens with one attached hydrogen (secondary N) is 2. The smallest absolute Gasteiger partial charge is 0.221 e. The first-order chi connectivity index (χ1) is 6.74. The first-order valence-corrected chi connectivity index (χ1v) is 5.68. The highest BCUT2D eigenvalue weighted by Gasteiger charge is 2.20. The van der Waals surface area contributed by atoms with Gasteiger partial charge in [0.05, 0.1) is 0 Å². The van der Waals surface area contributed by atoms with Gasteiger partial charge in [0.1, 0.15) is 0 Å². The molecule has 1 saturated carbocycles. The second kappa shape index (κ2) is 6.02. The van der Waals surface area contributed by atoms with Crippen molar-refractivity contribution in [1.82, 2.24) is 10.6 Å². The Bertz CT molecular complexity index is 176. The molecule has 1 amide bonds. The fourth-order valence-corrected chi connectivity index (χ4v) is 2.16. The van der Waals surface area contributed by atoms with Gasteiger partial charge in [-0.3, -0.25) is 4.79 Å². The highest BCUT2D eigenvalue weighted by molar-refractivity contribution is 5.75. The zero-order valence-electron chi connectivity index (χ0n) is 9.31. The summed E-state index contributed by atoms with van der Waals surface area (Å²) < 4.78 is 0. The molecule has 0 bridgehead atoms. The molecule has 82 valence electrons. The van der Waals surface area contributed by atoms with E-state index in [0.717, 1.165) is 12.5 Å². The lowest BCUT2D eigenvalue weighted by molar-refractivity contribution is -0.120. The molecule has 1 atom stereocenters. The molecule has 0 radical (unpaired) electrons. The van der Waals surface area contributed by atoms with Crippen LogP contribution in [0, 0.1) is 5.92 Å². The van der Waals surface area contributed by atoms with Crippen LogP contribution in [0.15, 0.2) is 0 Å². The van der Waals surface area contributed by atoms with E-state index in [1.54, 1.807) is 7.05 Å². The first-order valence-electron chi connectivity index (χ1n) is 5.68. The molecule has 0 aliphatic heterocycles. The Labute approximate surface area is 86.6 Å². The number of hydrogen-bond acceptors (Lipinski definition) is 2. The summed E-state index contributed by atoms with van der Waals surface area (Å²) in [4.78, 5) is 11.0. The van der Waals surface area contributed by atoms with Crippen LogP contribution in [-0.4, -0.2) is 25.5 Å². The Morgan fingerprint density at radius 2 is 2.07 bits per heavy atom. The van der Waals surface area contributed by atoms with Crippen LogP contribution >= 0.6 is 0 Å². The van der Waals surface area contributed by atoms with Crippen molar-refractivity contribution in [2.75, 3.05) is 13.6 Å². The van der Waals surface area contributed by atoms with Gasteiger partial charge >= 0.3 is 0 Å². The lowest BCUT2D eigenvalue weighted by atomic mass is 10.00. The van der Waals surface area contributed by atoms with Crippen LogP contribution in [0.1, 0.15) is 39.0 Å². The average Bonchev–Trinajstić information content (AvgIpc) is 2.70. The summed E-state index contributed by atoms with van der Waals surface area (Å²) >= 11 is 0. The summed E-state index contributed by atoms with van der Waals surface area (Å²) in [6, 6.07) is 0.571. The summed E-state index contributed by atoms with van der Waals surface area (Å²) in [5, 5.41) is 6.06. The monoisotopic (exact) mass is 198 g/mol. The number of hydrogen-bond donors (Lipinski definition) is 2. The van der Waals surface area contributed by atoms with Crippen LogP contribution in [0.25, 0.3) is 0 Å². The van der Waals surface area contributed by atoms with Crippen molar-refractivity contribution < 1.29 is 4.79 Å². The van der Waals surface area contributed by atoms with Gasteiger partial charge in [-0.15, -0.1) is 0 Å². The van der Waals surface area contributed by atoms with E-state index in [4.69, 9.17) is 0 Å². The maximum atomic E-state index is 11.0. The van der Waals surface area contributed by atoms with Crippen molar-refractivity contribution >= 4 is 5.91 Å². The van der Waals surface area contributed by atoms with E-state index in [1.807, 2.05) is 0 Å². The quantitative estimate of drug-likeness (QED) is 0.699. The van der Waals surface area contributed by atoms with E-state index in [9.17, 15) is 4.79 Å². The van der Waals surface area contributed by atoms with E-state index < -0.39 is 0 Å². The predicted molar refractivity (Wildman–Crippen MR) is 58.1 cm³/mol. The third-order valence-corrected chi connectivity index (χ3v) is 3.20. The normalized spacial score (nSPS) is 19.6. The van der Waals surface area contributed by atoms with E-state index in [1.165, 1.54) is 25.7 Å². The van der Waals surface area contributed by atoms with Crippen molar-refractivity contribution in [2.45, 2.75) is 45.1 Å². The van der Waals surface area contributed by atoms with Gasteiger partial charge in [-0.1, -0.05) is 12.8 Å². The Kier molecular flexibility index (Phi) is 4.94. The van der Waals surface area contributed by atoms with Crippen LogP contribution in [-0.2, 0) is 4.79 Å². The van der Waals surface area contributed by atoms with E-state index in [2.05, 4.69) is 17.6 Å². The highest BCUT2D eigenvalue weighted by Crippen LogP contribution is 2.27. The van der Waals surface area contributed by atoms with Crippen LogP contribution in [0.4, 0.5) is 0 Å². The average molecular weight is 198 g/mol. The minimum absolute atomic E-state index is 0.121. The SMILES string of the molecule is CNC(=O)CCN[C@H](C)C1CCCC1. The largest absolute Gasteiger partial charge is 0.359 e. The molecule has 1 aliphatic rings. The second-order valence-corrected chi connectivity index (χ2v) is 4.21. The Hall–Kier alpha value is -0.570. The van der Waals surface area contributed by atoms with Gasteiger partial charge < -0.3 is 10.6 Å². The van der Waals surface area contributed by atoms with Gasteiger partial charge in [0.2, 0.25) is 5.91 Å². The molecule has 3 nitrogen and oxygen atoms in total. The van der Waals surface area contributed by atoms with E-state index in [-0.39, 0.29) is 5.91 Å². The summed E-state index contributed by atoms with van der Waals surface area (Å²) in [6.45, 7) is 3.04. The van der Waals surface area contributed by atoms with E-state index in [0.29, 0.717) is 12.5 Å². The summed E-state index contributed by atoms with van der Waals surface area (Å²) in [6.07, 6.45) is 6.06.